The van der Waals surface area contributed by atoms with Crippen molar-refractivity contribution in [3.05, 3.63) is 28.8 Å². The van der Waals surface area contributed by atoms with Crippen LogP contribution in [0.5, 0.6) is 0 Å². The van der Waals surface area contributed by atoms with Crippen molar-refractivity contribution in [1.29, 1.82) is 0 Å². The van der Waals surface area contributed by atoms with Crippen LogP contribution in [0.1, 0.15) is 23.6 Å². The maximum Gasteiger partial charge on any atom is 0.241 e. The molecule has 1 N–H and O–H groups in total. The predicted octanol–water partition coefficient (Wildman–Crippen LogP) is 1.84. The van der Waals surface area contributed by atoms with Crippen molar-refractivity contribution in [2.75, 3.05) is 26.7 Å². The highest BCUT2D eigenvalue weighted by molar-refractivity contribution is 7.89. The van der Waals surface area contributed by atoms with Gasteiger partial charge in [0.2, 0.25) is 10.0 Å². The summed E-state index contributed by atoms with van der Waals surface area (Å²) in [5, 5.41) is 0. The van der Waals surface area contributed by atoms with Crippen LogP contribution in [0.4, 0.5) is 0 Å². The van der Waals surface area contributed by atoms with Gasteiger partial charge in [-0.15, -0.1) is 0 Å². The predicted molar refractivity (Wildman–Crippen MR) is 79.0 cm³/mol. The lowest BCUT2D eigenvalue weighted by Gasteiger charge is -2.16. The Balaban J connectivity index is 2.89. The van der Waals surface area contributed by atoms with E-state index >= 15 is 0 Å². The van der Waals surface area contributed by atoms with E-state index in [1.165, 1.54) is 0 Å². The third-order valence-corrected chi connectivity index (χ3v) is 4.96. The molecule has 0 amide bonds. The van der Waals surface area contributed by atoms with E-state index in [1.54, 1.807) is 0 Å². The van der Waals surface area contributed by atoms with Gasteiger partial charge in [-0.25, -0.2) is 13.1 Å². The molecule has 4 nitrogen and oxygen atoms in total. The topological polar surface area (TPSA) is 49.4 Å². The third-order valence-electron chi connectivity index (χ3n) is 3.20. The van der Waals surface area contributed by atoms with E-state index in [1.807, 2.05) is 46.9 Å². The van der Waals surface area contributed by atoms with E-state index in [0.717, 1.165) is 23.2 Å². The van der Waals surface area contributed by atoms with E-state index in [4.69, 9.17) is 0 Å². The molecule has 0 bridgehead atoms. The van der Waals surface area contributed by atoms with Gasteiger partial charge in [-0.2, -0.15) is 0 Å². The third kappa shape index (κ3) is 4.30. The van der Waals surface area contributed by atoms with Crippen molar-refractivity contribution < 1.29 is 8.42 Å². The molecule has 0 radical (unpaired) electrons. The molecule has 0 atom stereocenters. The summed E-state index contributed by atoms with van der Waals surface area (Å²) < 4.78 is 27.3. The number of benzene rings is 1. The van der Waals surface area contributed by atoms with E-state index in [0.29, 0.717) is 18.0 Å². The van der Waals surface area contributed by atoms with Crippen molar-refractivity contribution in [2.24, 2.45) is 0 Å². The quantitative estimate of drug-likeness (QED) is 0.867. The molecule has 1 aromatic carbocycles. The fourth-order valence-corrected chi connectivity index (χ4v) is 3.66. The first-order valence-electron chi connectivity index (χ1n) is 6.54. The molecule has 5 heteroatoms. The number of nitrogens with zero attached hydrogens (tertiary/aromatic N) is 1. The minimum atomic E-state index is -3.42. The zero-order valence-electron chi connectivity index (χ0n) is 12.4. The molecule has 19 heavy (non-hydrogen) atoms. The highest BCUT2D eigenvalue weighted by Crippen LogP contribution is 2.21. The first-order chi connectivity index (χ1) is 8.77. The maximum atomic E-state index is 12.3. The molecule has 0 aliphatic carbocycles. The molecule has 1 rings (SSSR count). The molecule has 0 fully saturated rings. The van der Waals surface area contributed by atoms with Crippen LogP contribution in [-0.2, 0) is 10.0 Å². The summed E-state index contributed by atoms with van der Waals surface area (Å²) in [4.78, 5) is 2.48. The van der Waals surface area contributed by atoms with Gasteiger partial charge < -0.3 is 4.90 Å². The van der Waals surface area contributed by atoms with Crippen molar-refractivity contribution in [2.45, 2.75) is 32.6 Å². The molecule has 0 saturated heterocycles. The Kier molecular flexibility index (Phi) is 5.52. The molecule has 0 aliphatic rings. The Bertz CT molecular complexity index is 515. The first-order valence-corrected chi connectivity index (χ1v) is 8.02. The fourth-order valence-electron chi connectivity index (χ4n) is 2.19. The lowest BCUT2D eigenvalue weighted by atomic mass is 10.1. The zero-order chi connectivity index (χ0) is 14.6. The second-order valence-electron chi connectivity index (χ2n) is 5.02. The zero-order valence-corrected chi connectivity index (χ0v) is 13.3. The molecule has 0 saturated carbocycles. The number of likely N-dealkylation sites (N-methyl/N-ethyl adjacent to an activating group) is 1. The average molecular weight is 284 g/mol. The summed E-state index contributed by atoms with van der Waals surface area (Å²) >= 11 is 0. The highest BCUT2D eigenvalue weighted by Gasteiger charge is 2.19. The minimum Gasteiger partial charge on any atom is -0.305 e. The summed E-state index contributed by atoms with van der Waals surface area (Å²) in [7, 11) is -1.45. The molecular formula is C14H24N2O2S. The van der Waals surface area contributed by atoms with Gasteiger partial charge in [0.05, 0.1) is 4.90 Å². The highest BCUT2D eigenvalue weighted by atomic mass is 32.2. The van der Waals surface area contributed by atoms with E-state index in [2.05, 4.69) is 9.62 Å². The van der Waals surface area contributed by atoms with Crippen molar-refractivity contribution in [1.82, 2.24) is 9.62 Å². The Hall–Kier alpha value is -0.910. The number of rotatable bonds is 6. The molecular weight excluding hydrogens is 260 g/mol. The van der Waals surface area contributed by atoms with Crippen LogP contribution in [0.25, 0.3) is 0 Å². The fraction of sp³-hybridized carbons (Fsp3) is 0.571. The smallest absolute Gasteiger partial charge is 0.241 e. The van der Waals surface area contributed by atoms with E-state index < -0.39 is 10.0 Å². The number of hydrogen-bond acceptors (Lipinski definition) is 3. The van der Waals surface area contributed by atoms with Gasteiger partial charge in [0.1, 0.15) is 0 Å². The minimum absolute atomic E-state index is 0.414. The van der Waals surface area contributed by atoms with Gasteiger partial charge in [0, 0.05) is 13.1 Å². The van der Waals surface area contributed by atoms with Crippen LogP contribution in [0.15, 0.2) is 17.0 Å². The normalized spacial score (nSPS) is 12.1. The second kappa shape index (κ2) is 6.50. The summed E-state index contributed by atoms with van der Waals surface area (Å²) in [5.74, 6) is 0. The van der Waals surface area contributed by atoms with Crippen LogP contribution in [0.2, 0.25) is 0 Å². The summed E-state index contributed by atoms with van der Waals surface area (Å²) in [6.07, 6.45) is 0. The largest absolute Gasteiger partial charge is 0.305 e. The van der Waals surface area contributed by atoms with Gasteiger partial charge in [0.15, 0.2) is 0 Å². The number of nitrogens with one attached hydrogen (secondary N) is 1. The standard InChI is InChI=1S/C14H24N2O2S/c1-6-16(5)8-7-15-19(17,18)14-12(3)9-11(2)10-13(14)4/h9-10,15H,6-8H2,1-5H3. The molecule has 1 aromatic rings. The van der Waals surface area contributed by atoms with Gasteiger partial charge in [0.25, 0.3) is 0 Å². The van der Waals surface area contributed by atoms with Crippen molar-refractivity contribution in [3.8, 4) is 0 Å². The molecule has 0 heterocycles. The van der Waals surface area contributed by atoms with Gasteiger partial charge in [-0.3, -0.25) is 0 Å². The molecule has 0 unspecified atom stereocenters. The van der Waals surface area contributed by atoms with Crippen LogP contribution in [0, 0.1) is 20.8 Å². The summed E-state index contributed by atoms with van der Waals surface area (Å²) in [6.45, 7) is 9.74. The number of aryl methyl sites for hydroxylation is 3. The molecule has 0 aliphatic heterocycles. The lowest BCUT2D eigenvalue weighted by Crippen LogP contribution is -2.33. The lowest BCUT2D eigenvalue weighted by molar-refractivity contribution is 0.358. The number of sulfonamides is 1. The van der Waals surface area contributed by atoms with Gasteiger partial charge in [-0.1, -0.05) is 24.6 Å². The summed E-state index contributed by atoms with van der Waals surface area (Å²) in [5.41, 5.74) is 2.68. The maximum absolute atomic E-state index is 12.3. The molecule has 108 valence electrons. The van der Waals surface area contributed by atoms with Crippen LogP contribution >= 0.6 is 0 Å². The first kappa shape index (κ1) is 16.1. The Morgan fingerprint density at radius 3 is 2.16 bits per heavy atom. The SMILES string of the molecule is CCN(C)CCNS(=O)(=O)c1c(C)cc(C)cc1C. The number of hydrogen-bond donors (Lipinski definition) is 1. The Labute approximate surface area is 116 Å². The van der Waals surface area contributed by atoms with Gasteiger partial charge >= 0.3 is 0 Å². The second-order valence-corrected chi connectivity index (χ2v) is 6.73. The Morgan fingerprint density at radius 2 is 1.68 bits per heavy atom. The van der Waals surface area contributed by atoms with Crippen LogP contribution < -0.4 is 4.72 Å². The average Bonchev–Trinajstić information content (AvgIpc) is 2.26. The van der Waals surface area contributed by atoms with E-state index in [9.17, 15) is 8.42 Å². The van der Waals surface area contributed by atoms with Crippen LogP contribution in [0.3, 0.4) is 0 Å². The molecule has 0 spiro atoms. The van der Waals surface area contributed by atoms with Gasteiger partial charge in [-0.05, 0) is 45.5 Å². The Morgan fingerprint density at radius 1 is 1.16 bits per heavy atom. The van der Waals surface area contributed by atoms with Crippen LogP contribution in [-0.4, -0.2) is 40.0 Å². The molecule has 0 aromatic heterocycles. The van der Waals surface area contributed by atoms with Crippen molar-refractivity contribution in [3.63, 3.8) is 0 Å². The van der Waals surface area contributed by atoms with E-state index in [-0.39, 0.29) is 0 Å². The summed E-state index contributed by atoms with van der Waals surface area (Å²) in [6, 6.07) is 3.81. The van der Waals surface area contributed by atoms with Crippen molar-refractivity contribution >= 4 is 10.0 Å². The monoisotopic (exact) mass is 284 g/mol.